The molecule has 1 saturated heterocycles. The van der Waals surface area contributed by atoms with Crippen LogP contribution in [0.1, 0.15) is 39.0 Å². The molecule has 1 heterocycles. The number of piperidine rings is 1. The van der Waals surface area contributed by atoms with Crippen LogP contribution >= 0.6 is 0 Å². The van der Waals surface area contributed by atoms with Crippen LogP contribution in [0.3, 0.4) is 0 Å². The van der Waals surface area contributed by atoms with Gasteiger partial charge in [-0.25, -0.2) is 0 Å². The number of amides is 1. The highest BCUT2D eigenvalue weighted by Gasteiger charge is 2.18. The van der Waals surface area contributed by atoms with Gasteiger partial charge in [-0.2, -0.15) is 5.26 Å². The van der Waals surface area contributed by atoms with E-state index in [4.69, 9.17) is 5.26 Å². The Morgan fingerprint density at radius 2 is 2.25 bits per heavy atom. The molecular formula is C12H21N3O. The van der Waals surface area contributed by atoms with Crippen LogP contribution in [-0.4, -0.2) is 25.0 Å². The summed E-state index contributed by atoms with van der Waals surface area (Å²) in [7, 11) is 0. The first-order valence-electron chi connectivity index (χ1n) is 6.13. The molecule has 1 rings (SSSR count). The summed E-state index contributed by atoms with van der Waals surface area (Å²) in [5.41, 5.74) is 0. The van der Waals surface area contributed by atoms with Gasteiger partial charge in [-0.05, 0) is 38.3 Å². The van der Waals surface area contributed by atoms with Crippen molar-refractivity contribution >= 4 is 5.91 Å². The summed E-state index contributed by atoms with van der Waals surface area (Å²) in [4.78, 5) is 11.7. The molecule has 0 spiro atoms. The molecule has 0 aliphatic carbocycles. The SMILES string of the molecule is CCC(CC#N)NC(=O)CC1CCNCC1. The van der Waals surface area contributed by atoms with Crippen molar-refractivity contribution in [3.8, 4) is 6.07 Å². The average molecular weight is 223 g/mol. The van der Waals surface area contributed by atoms with Crippen LogP contribution in [0.15, 0.2) is 0 Å². The third-order valence-electron chi connectivity index (χ3n) is 3.13. The highest BCUT2D eigenvalue weighted by atomic mass is 16.1. The topological polar surface area (TPSA) is 64.9 Å². The van der Waals surface area contributed by atoms with Crippen molar-refractivity contribution in [1.82, 2.24) is 10.6 Å². The lowest BCUT2D eigenvalue weighted by molar-refractivity contribution is -0.122. The summed E-state index contributed by atoms with van der Waals surface area (Å²) in [6.07, 6.45) is 4.02. The quantitative estimate of drug-likeness (QED) is 0.735. The van der Waals surface area contributed by atoms with Gasteiger partial charge in [-0.1, -0.05) is 6.92 Å². The van der Waals surface area contributed by atoms with Gasteiger partial charge in [0.15, 0.2) is 0 Å². The summed E-state index contributed by atoms with van der Waals surface area (Å²) in [6, 6.07) is 2.13. The Morgan fingerprint density at radius 3 is 2.81 bits per heavy atom. The van der Waals surface area contributed by atoms with E-state index in [1.807, 2.05) is 6.92 Å². The van der Waals surface area contributed by atoms with Gasteiger partial charge in [-0.3, -0.25) is 4.79 Å². The van der Waals surface area contributed by atoms with E-state index in [-0.39, 0.29) is 11.9 Å². The lowest BCUT2D eigenvalue weighted by atomic mass is 9.94. The predicted molar refractivity (Wildman–Crippen MR) is 62.7 cm³/mol. The van der Waals surface area contributed by atoms with E-state index >= 15 is 0 Å². The van der Waals surface area contributed by atoms with Crippen molar-refractivity contribution in [3.63, 3.8) is 0 Å². The molecule has 0 aromatic carbocycles. The Kier molecular flexibility index (Phi) is 5.87. The van der Waals surface area contributed by atoms with Crippen molar-refractivity contribution in [3.05, 3.63) is 0 Å². The summed E-state index contributed by atoms with van der Waals surface area (Å²) in [5.74, 6) is 0.620. The average Bonchev–Trinajstić information content (AvgIpc) is 2.29. The Labute approximate surface area is 97.4 Å². The van der Waals surface area contributed by atoms with Gasteiger partial charge in [0.2, 0.25) is 5.91 Å². The molecule has 4 heteroatoms. The minimum Gasteiger partial charge on any atom is -0.352 e. The van der Waals surface area contributed by atoms with Gasteiger partial charge >= 0.3 is 0 Å². The largest absolute Gasteiger partial charge is 0.352 e. The molecule has 1 aliphatic heterocycles. The third-order valence-corrected chi connectivity index (χ3v) is 3.13. The summed E-state index contributed by atoms with van der Waals surface area (Å²) in [6.45, 7) is 4.04. The fourth-order valence-corrected chi connectivity index (χ4v) is 2.04. The molecular weight excluding hydrogens is 202 g/mol. The summed E-state index contributed by atoms with van der Waals surface area (Å²) < 4.78 is 0. The lowest BCUT2D eigenvalue weighted by Gasteiger charge is -2.23. The Morgan fingerprint density at radius 1 is 1.56 bits per heavy atom. The van der Waals surface area contributed by atoms with Gasteiger partial charge in [0.25, 0.3) is 0 Å². The first kappa shape index (κ1) is 13.0. The molecule has 1 fully saturated rings. The van der Waals surface area contributed by atoms with Gasteiger partial charge in [-0.15, -0.1) is 0 Å². The maximum atomic E-state index is 11.7. The number of carbonyl (C=O) groups excluding carboxylic acids is 1. The second kappa shape index (κ2) is 7.24. The molecule has 90 valence electrons. The maximum Gasteiger partial charge on any atom is 0.220 e. The lowest BCUT2D eigenvalue weighted by Crippen LogP contribution is -2.37. The number of rotatable bonds is 5. The number of nitrogens with one attached hydrogen (secondary N) is 2. The van der Waals surface area contributed by atoms with Crippen molar-refractivity contribution in [2.45, 2.75) is 45.1 Å². The van der Waals surface area contributed by atoms with Gasteiger partial charge in [0.1, 0.15) is 0 Å². The minimum atomic E-state index is 0.0271. The van der Waals surface area contributed by atoms with Crippen LogP contribution in [-0.2, 0) is 4.79 Å². The Bertz CT molecular complexity index is 253. The van der Waals surface area contributed by atoms with E-state index in [2.05, 4.69) is 16.7 Å². The molecule has 0 radical (unpaired) electrons. The zero-order chi connectivity index (χ0) is 11.8. The van der Waals surface area contributed by atoms with Crippen molar-refractivity contribution in [1.29, 1.82) is 5.26 Å². The normalized spacial score (nSPS) is 18.8. The second-order valence-corrected chi connectivity index (χ2v) is 4.43. The van der Waals surface area contributed by atoms with Crippen LogP contribution in [0.4, 0.5) is 0 Å². The van der Waals surface area contributed by atoms with Crippen molar-refractivity contribution in [2.24, 2.45) is 5.92 Å². The summed E-state index contributed by atoms with van der Waals surface area (Å²) >= 11 is 0. The standard InChI is InChI=1S/C12H21N3O/c1-2-11(3-6-13)15-12(16)9-10-4-7-14-8-5-10/h10-11,14H,2-5,7-9H2,1H3,(H,15,16). The van der Waals surface area contributed by atoms with E-state index in [1.54, 1.807) is 0 Å². The fraction of sp³-hybridized carbons (Fsp3) is 0.833. The number of hydrogen-bond donors (Lipinski definition) is 2. The van der Waals surface area contributed by atoms with Crippen molar-refractivity contribution in [2.75, 3.05) is 13.1 Å². The minimum absolute atomic E-state index is 0.0271. The van der Waals surface area contributed by atoms with E-state index < -0.39 is 0 Å². The third kappa shape index (κ3) is 4.63. The van der Waals surface area contributed by atoms with Gasteiger partial charge in [0.05, 0.1) is 12.5 Å². The van der Waals surface area contributed by atoms with Gasteiger partial charge < -0.3 is 10.6 Å². The van der Waals surface area contributed by atoms with E-state index in [1.165, 1.54) is 0 Å². The Hall–Kier alpha value is -1.08. The zero-order valence-corrected chi connectivity index (χ0v) is 9.96. The molecule has 16 heavy (non-hydrogen) atoms. The van der Waals surface area contributed by atoms with E-state index in [0.29, 0.717) is 18.8 Å². The van der Waals surface area contributed by atoms with E-state index in [9.17, 15) is 4.79 Å². The van der Waals surface area contributed by atoms with Crippen LogP contribution < -0.4 is 10.6 Å². The monoisotopic (exact) mass is 223 g/mol. The van der Waals surface area contributed by atoms with E-state index in [0.717, 1.165) is 32.4 Å². The second-order valence-electron chi connectivity index (χ2n) is 4.43. The molecule has 2 N–H and O–H groups in total. The number of carbonyl (C=O) groups is 1. The molecule has 1 aliphatic rings. The van der Waals surface area contributed by atoms with Crippen LogP contribution in [0.2, 0.25) is 0 Å². The van der Waals surface area contributed by atoms with Crippen LogP contribution in [0.25, 0.3) is 0 Å². The molecule has 0 bridgehead atoms. The van der Waals surface area contributed by atoms with Crippen molar-refractivity contribution < 1.29 is 4.79 Å². The molecule has 1 unspecified atom stereocenters. The first-order chi connectivity index (χ1) is 7.76. The number of hydrogen-bond acceptors (Lipinski definition) is 3. The number of nitrogens with zero attached hydrogens (tertiary/aromatic N) is 1. The molecule has 1 amide bonds. The zero-order valence-electron chi connectivity index (χ0n) is 9.96. The smallest absolute Gasteiger partial charge is 0.220 e. The first-order valence-corrected chi connectivity index (χ1v) is 6.13. The Balaban J connectivity index is 2.25. The molecule has 0 aromatic rings. The summed E-state index contributed by atoms with van der Waals surface area (Å²) in [5, 5.41) is 14.8. The van der Waals surface area contributed by atoms with Crippen LogP contribution in [0, 0.1) is 17.2 Å². The highest BCUT2D eigenvalue weighted by Crippen LogP contribution is 2.15. The maximum absolute atomic E-state index is 11.7. The fourth-order valence-electron chi connectivity index (χ4n) is 2.04. The van der Waals surface area contributed by atoms with Gasteiger partial charge in [0, 0.05) is 12.5 Å². The molecule has 0 aromatic heterocycles. The predicted octanol–water partition coefficient (Wildman–Crippen LogP) is 1.18. The highest BCUT2D eigenvalue weighted by molar-refractivity contribution is 5.76. The molecule has 1 atom stereocenters. The number of nitriles is 1. The molecule has 0 saturated carbocycles. The molecule has 4 nitrogen and oxygen atoms in total. The van der Waals surface area contributed by atoms with Crippen LogP contribution in [0.5, 0.6) is 0 Å².